The zero-order valence-electron chi connectivity index (χ0n) is 18.6. The van der Waals surface area contributed by atoms with Gasteiger partial charge in [0.1, 0.15) is 12.3 Å². The minimum atomic E-state index is -3.89. The van der Waals surface area contributed by atoms with Crippen molar-refractivity contribution in [1.82, 2.24) is 5.09 Å². The number of benzene rings is 3. The highest BCUT2D eigenvalue weighted by molar-refractivity contribution is 8.09. The highest BCUT2D eigenvalue weighted by atomic mass is 32.5. The molecule has 0 amide bonds. The maximum atomic E-state index is 12.9. The Kier molecular flexibility index (Phi) is 8.68. The first kappa shape index (κ1) is 25.7. The third-order valence-electron chi connectivity index (χ3n) is 4.37. The normalized spacial score (nSPS) is 12.9. The van der Waals surface area contributed by atoms with Crippen molar-refractivity contribution in [3.05, 3.63) is 84.4 Å². The van der Waals surface area contributed by atoms with Crippen LogP contribution in [0.4, 0.5) is 5.69 Å². The lowest BCUT2D eigenvalue weighted by Gasteiger charge is -2.25. The first-order valence-corrected chi connectivity index (χ1v) is 14.5. The Hall–Kier alpha value is -2.91. The van der Waals surface area contributed by atoms with E-state index in [-0.39, 0.29) is 29.5 Å². The second-order valence-electron chi connectivity index (χ2n) is 7.05. The lowest BCUT2D eigenvalue weighted by Crippen LogP contribution is -2.26. The van der Waals surface area contributed by atoms with E-state index in [0.717, 1.165) is 5.56 Å². The van der Waals surface area contributed by atoms with Crippen LogP contribution in [0.5, 0.6) is 11.5 Å². The Morgan fingerprint density at radius 2 is 1.59 bits per heavy atom. The maximum Gasteiger partial charge on any atom is 0.365 e. The quantitative estimate of drug-likeness (QED) is 0.279. The highest BCUT2D eigenvalue weighted by Crippen LogP contribution is 2.47. The first-order valence-electron chi connectivity index (χ1n) is 10.3. The Balaban J connectivity index is 1.88. The largest absolute Gasteiger partial charge is 0.465 e. The topological polar surface area (TPSA) is 103 Å². The molecule has 0 fully saturated rings. The monoisotopic (exact) mass is 520 g/mol. The van der Waals surface area contributed by atoms with Gasteiger partial charge in [-0.3, -0.25) is 9.52 Å². The molecule has 0 saturated heterocycles. The van der Waals surface area contributed by atoms with Crippen LogP contribution in [0.15, 0.2) is 83.8 Å². The summed E-state index contributed by atoms with van der Waals surface area (Å²) in [4.78, 5) is 12.0. The van der Waals surface area contributed by atoms with E-state index >= 15 is 0 Å². The molecule has 8 nitrogen and oxygen atoms in total. The molecular weight excluding hydrogens is 495 g/mol. The average Bonchev–Trinajstić information content (AvgIpc) is 2.80. The molecule has 3 aromatic carbocycles. The van der Waals surface area contributed by atoms with Crippen LogP contribution in [0.3, 0.4) is 0 Å². The number of nitrogens with one attached hydrogen (secondary N) is 2. The van der Waals surface area contributed by atoms with Gasteiger partial charge in [-0.2, -0.15) is 0 Å². The molecule has 0 heterocycles. The van der Waals surface area contributed by atoms with E-state index in [0.29, 0.717) is 5.75 Å². The van der Waals surface area contributed by atoms with E-state index in [4.69, 9.17) is 25.6 Å². The van der Waals surface area contributed by atoms with E-state index in [9.17, 15) is 13.2 Å². The van der Waals surface area contributed by atoms with Gasteiger partial charge in [0.2, 0.25) is 0 Å². The molecule has 3 aromatic rings. The number of sulfonamides is 1. The molecule has 34 heavy (non-hydrogen) atoms. The zero-order chi connectivity index (χ0) is 24.6. The molecule has 0 aromatic heterocycles. The third-order valence-corrected chi connectivity index (χ3v) is 8.02. The number of esters is 1. The number of anilines is 1. The summed E-state index contributed by atoms with van der Waals surface area (Å²) in [6.07, 6.45) is 0. The average molecular weight is 521 g/mol. The molecule has 0 aliphatic rings. The summed E-state index contributed by atoms with van der Waals surface area (Å²) < 4.78 is 45.3. The van der Waals surface area contributed by atoms with Crippen LogP contribution in [0.2, 0.25) is 0 Å². The molecule has 0 saturated carbocycles. The van der Waals surface area contributed by atoms with Crippen molar-refractivity contribution in [3.8, 4) is 11.5 Å². The summed E-state index contributed by atoms with van der Waals surface area (Å²) in [5, 5.41) is 2.84. The molecule has 180 valence electrons. The summed E-state index contributed by atoms with van der Waals surface area (Å²) in [5.41, 5.74) is 1.11. The number of hydrogen-bond acceptors (Lipinski definition) is 7. The van der Waals surface area contributed by atoms with Gasteiger partial charge in [0.15, 0.2) is 5.75 Å². The van der Waals surface area contributed by atoms with Gasteiger partial charge in [0.25, 0.3) is 10.0 Å². The number of hydrogen-bond donors (Lipinski definition) is 2. The molecule has 0 radical (unpaired) electrons. The second kappa shape index (κ2) is 11.5. The van der Waals surface area contributed by atoms with Crippen molar-refractivity contribution in [2.75, 3.05) is 17.9 Å². The Morgan fingerprint density at radius 1 is 0.941 bits per heavy atom. The summed E-state index contributed by atoms with van der Waals surface area (Å²) >= 11 is 5.65. The predicted octanol–water partition coefficient (Wildman–Crippen LogP) is 4.63. The van der Waals surface area contributed by atoms with Gasteiger partial charge in [-0.15, -0.1) is 0 Å². The third kappa shape index (κ3) is 7.30. The fourth-order valence-electron chi connectivity index (χ4n) is 2.76. The van der Waals surface area contributed by atoms with Gasteiger partial charge in [-0.1, -0.05) is 48.0 Å². The lowest BCUT2D eigenvalue weighted by molar-refractivity contribution is -0.141. The standard InChI is InChI=1S/C23H25N2O6PS2/c1-3-29-23(26)17-24-32(33,30-19-9-5-4-6-10-19)31-22-12-8-7-11-21(22)25-34(27,28)20-15-13-18(2)14-16-20/h4-16,25H,3,17H2,1-2H3,(H,24,33). The fourth-order valence-corrected chi connectivity index (χ4v) is 5.83. The summed E-state index contributed by atoms with van der Waals surface area (Å²) in [5.74, 6) is 0.0547. The molecular formula is C23H25N2O6PS2. The van der Waals surface area contributed by atoms with E-state index in [2.05, 4.69) is 9.81 Å². The highest BCUT2D eigenvalue weighted by Gasteiger charge is 2.26. The minimum absolute atomic E-state index is 0.105. The van der Waals surface area contributed by atoms with Gasteiger partial charge in [0.05, 0.1) is 17.2 Å². The van der Waals surface area contributed by atoms with Crippen LogP contribution in [0.1, 0.15) is 12.5 Å². The number of carbonyl (C=O) groups is 1. The lowest BCUT2D eigenvalue weighted by atomic mass is 10.2. The van der Waals surface area contributed by atoms with Crippen LogP contribution in [0.25, 0.3) is 0 Å². The van der Waals surface area contributed by atoms with Crippen molar-refractivity contribution in [1.29, 1.82) is 0 Å². The predicted molar refractivity (Wildman–Crippen MR) is 135 cm³/mol. The first-order chi connectivity index (χ1) is 16.2. The summed E-state index contributed by atoms with van der Waals surface area (Å²) in [6, 6.07) is 21.7. The van der Waals surface area contributed by atoms with Crippen LogP contribution in [0, 0.1) is 6.92 Å². The number of ether oxygens (including phenoxy) is 1. The van der Waals surface area contributed by atoms with Crippen molar-refractivity contribution in [3.63, 3.8) is 0 Å². The minimum Gasteiger partial charge on any atom is -0.465 e. The SMILES string of the molecule is CCOC(=O)CNP(=S)(Oc1ccccc1)Oc1ccccc1NS(=O)(=O)c1ccc(C)cc1. The molecule has 1 atom stereocenters. The van der Waals surface area contributed by atoms with Crippen LogP contribution in [-0.2, 0) is 31.4 Å². The molecule has 0 spiro atoms. The Bertz CT molecular complexity index is 1270. The maximum absolute atomic E-state index is 12.9. The second-order valence-corrected chi connectivity index (χ2v) is 11.8. The molecule has 1 unspecified atom stereocenters. The van der Waals surface area contributed by atoms with E-state index in [1.807, 2.05) is 13.0 Å². The van der Waals surface area contributed by atoms with Crippen LogP contribution >= 0.6 is 6.64 Å². The van der Waals surface area contributed by atoms with Crippen molar-refractivity contribution in [2.24, 2.45) is 0 Å². The van der Waals surface area contributed by atoms with Crippen molar-refractivity contribution >= 4 is 40.1 Å². The van der Waals surface area contributed by atoms with Gasteiger partial charge < -0.3 is 13.8 Å². The van der Waals surface area contributed by atoms with Crippen molar-refractivity contribution < 1.29 is 27.0 Å². The molecule has 0 aliphatic heterocycles. The summed E-state index contributed by atoms with van der Waals surface area (Å²) in [6.45, 7) is 0.178. The van der Waals surface area contributed by atoms with Gasteiger partial charge in [0, 0.05) is 11.8 Å². The molecule has 0 aliphatic carbocycles. The zero-order valence-corrected chi connectivity index (χ0v) is 21.2. The number of para-hydroxylation sites is 3. The fraction of sp³-hybridized carbons (Fsp3) is 0.174. The Morgan fingerprint density at radius 3 is 2.26 bits per heavy atom. The molecule has 11 heteroatoms. The van der Waals surface area contributed by atoms with E-state index < -0.39 is 22.6 Å². The van der Waals surface area contributed by atoms with E-state index in [1.165, 1.54) is 12.1 Å². The van der Waals surface area contributed by atoms with Gasteiger partial charge >= 0.3 is 12.6 Å². The number of aryl methyl sites for hydroxylation is 1. The Labute approximate surface area is 204 Å². The molecule has 3 rings (SSSR count). The van der Waals surface area contributed by atoms with Gasteiger partial charge in [-0.05, 0) is 50.2 Å². The number of carbonyl (C=O) groups excluding carboxylic acids is 1. The van der Waals surface area contributed by atoms with Gasteiger partial charge in [-0.25, -0.2) is 13.5 Å². The smallest absolute Gasteiger partial charge is 0.365 e. The summed E-state index contributed by atoms with van der Waals surface area (Å²) in [7, 11) is -3.89. The van der Waals surface area contributed by atoms with Crippen molar-refractivity contribution in [2.45, 2.75) is 18.7 Å². The molecule has 2 N–H and O–H groups in total. The number of rotatable bonds is 11. The van der Waals surface area contributed by atoms with Crippen LogP contribution < -0.4 is 18.9 Å². The molecule has 0 bridgehead atoms. The van der Waals surface area contributed by atoms with E-state index in [1.54, 1.807) is 67.6 Å². The van der Waals surface area contributed by atoms with Crippen LogP contribution in [-0.4, -0.2) is 27.5 Å².